The van der Waals surface area contributed by atoms with Gasteiger partial charge in [-0.15, -0.1) is 0 Å². The van der Waals surface area contributed by atoms with Crippen LogP contribution < -0.4 is 5.43 Å². The SMILES string of the molecule is Cc1cc(/C=N/NC(=O)c2ccc(CN3CCc4ccccc4C3)cc2)c(C)n1-c1cc(Cl)cc(Cl)c1. The number of carbonyl (C=O) groups is 1. The fourth-order valence-electron chi connectivity index (χ4n) is 4.92. The predicted molar refractivity (Wildman–Crippen MR) is 151 cm³/mol. The molecule has 0 fully saturated rings. The summed E-state index contributed by atoms with van der Waals surface area (Å²) < 4.78 is 2.06. The van der Waals surface area contributed by atoms with Crippen LogP contribution in [0.3, 0.4) is 0 Å². The number of fused-ring (bicyclic) bond motifs is 1. The molecule has 1 N–H and O–H groups in total. The third kappa shape index (κ3) is 5.80. The largest absolute Gasteiger partial charge is 0.318 e. The Hall–Kier alpha value is -3.38. The molecule has 0 saturated carbocycles. The van der Waals surface area contributed by atoms with Gasteiger partial charge in [-0.2, -0.15) is 5.10 Å². The summed E-state index contributed by atoms with van der Waals surface area (Å²) >= 11 is 12.4. The van der Waals surface area contributed by atoms with Gasteiger partial charge in [-0.25, -0.2) is 5.43 Å². The van der Waals surface area contributed by atoms with Crippen molar-refractivity contribution in [2.75, 3.05) is 6.54 Å². The summed E-state index contributed by atoms with van der Waals surface area (Å²) in [6, 6.07) is 23.8. The molecule has 1 aliphatic heterocycles. The highest BCUT2D eigenvalue weighted by molar-refractivity contribution is 6.34. The normalized spacial score (nSPS) is 13.6. The highest BCUT2D eigenvalue weighted by atomic mass is 35.5. The minimum Gasteiger partial charge on any atom is -0.318 e. The van der Waals surface area contributed by atoms with E-state index in [1.54, 1.807) is 12.3 Å². The van der Waals surface area contributed by atoms with Crippen molar-refractivity contribution in [3.05, 3.63) is 122 Å². The van der Waals surface area contributed by atoms with Crippen LogP contribution in [0, 0.1) is 13.8 Å². The van der Waals surface area contributed by atoms with E-state index in [2.05, 4.69) is 44.3 Å². The van der Waals surface area contributed by atoms with Crippen molar-refractivity contribution in [1.82, 2.24) is 14.9 Å². The van der Waals surface area contributed by atoms with Crippen molar-refractivity contribution in [3.8, 4) is 5.69 Å². The van der Waals surface area contributed by atoms with Crippen LogP contribution in [0.25, 0.3) is 5.69 Å². The zero-order valence-corrected chi connectivity index (χ0v) is 22.4. The Labute approximate surface area is 227 Å². The lowest BCUT2D eigenvalue weighted by Crippen LogP contribution is -2.30. The summed E-state index contributed by atoms with van der Waals surface area (Å²) in [4.78, 5) is 15.1. The average Bonchev–Trinajstić information content (AvgIpc) is 3.16. The molecule has 0 aliphatic carbocycles. The van der Waals surface area contributed by atoms with E-state index < -0.39 is 0 Å². The number of aryl methyl sites for hydroxylation is 1. The van der Waals surface area contributed by atoms with Crippen LogP contribution in [0.2, 0.25) is 10.0 Å². The molecule has 0 atom stereocenters. The van der Waals surface area contributed by atoms with E-state index in [1.807, 2.05) is 56.3 Å². The summed E-state index contributed by atoms with van der Waals surface area (Å²) in [5.74, 6) is -0.245. The van der Waals surface area contributed by atoms with Gasteiger partial charge in [0.2, 0.25) is 0 Å². The Kier molecular flexibility index (Phi) is 7.47. The Bertz CT molecular complexity index is 1450. The van der Waals surface area contributed by atoms with Crippen molar-refractivity contribution in [3.63, 3.8) is 0 Å². The smallest absolute Gasteiger partial charge is 0.271 e. The van der Waals surface area contributed by atoms with Crippen molar-refractivity contribution in [2.24, 2.45) is 5.10 Å². The minimum absolute atomic E-state index is 0.245. The maximum Gasteiger partial charge on any atom is 0.271 e. The molecule has 1 amide bonds. The first kappa shape index (κ1) is 25.3. The third-order valence-electron chi connectivity index (χ3n) is 6.78. The first-order valence-electron chi connectivity index (χ1n) is 12.2. The average molecular weight is 531 g/mol. The fraction of sp³-hybridized carbons (Fsp3) is 0.200. The van der Waals surface area contributed by atoms with Gasteiger partial charge in [0, 0.05) is 57.9 Å². The van der Waals surface area contributed by atoms with Crippen LogP contribution in [-0.4, -0.2) is 28.1 Å². The number of hydrogen-bond acceptors (Lipinski definition) is 3. The van der Waals surface area contributed by atoms with Gasteiger partial charge in [-0.3, -0.25) is 9.69 Å². The van der Waals surface area contributed by atoms with E-state index in [-0.39, 0.29) is 5.91 Å². The first-order valence-corrected chi connectivity index (χ1v) is 13.0. The van der Waals surface area contributed by atoms with Gasteiger partial charge in [-0.05, 0) is 73.4 Å². The summed E-state index contributed by atoms with van der Waals surface area (Å²) in [5.41, 5.74) is 11.0. The lowest BCUT2D eigenvalue weighted by atomic mass is 9.99. The summed E-state index contributed by atoms with van der Waals surface area (Å²) in [6.07, 6.45) is 2.73. The molecular weight excluding hydrogens is 503 g/mol. The lowest BCUT2D eigenvalue weighted by Gasteiger charge is -2.28. The number of amides is 1. The van der Waals surface area contributed by atoms with E-state index in [9.17, 15) is 4.79 Å². The van der Waals surface area contributed by atoms with Crippen LogP contribution in [-0.2, 0) is 19.5 Å². The Balaban J connectivity index is 1.20. The number of rotatable bonds is 6. The number of hydrogen-bond donors (Lipinski definition) is 1. The zero-order valence-electron chi connectivity index (χ0n) is 20.8. The molecule has 0 unspecified atom stereocenters. The Morgan fingerprint density at radius 3 is 2.41 bits per heavy atom. The highest BCUT2D eigenvalue weighted by Crippen LogP contribution is 2.26. The molecule has 0 spiro atoms. The number of carbonyl (C=O) groups excluding carboxylic acids is 1. The van der Waals surface area contributed by atoms with E-state index in [1.165, 1.54) is 16.7 Å². The van der Waals surface area contributed by atoms with Gasteiger partial charge in [-0.1, -0.05) is 59.6 Å². The molecular formula is C30H28Cl2N4O. The second-order valence-corrected chi connectivity index (χ2v) is 10.3. The van der Waals surface area contributed by atoms with E-state index >= 15 is 0 Å². The van der Waals surface area contributed by atoms with Crippen molar-refractivity contribution in [2.45, 2.75) is 33.4 Å². The highest BCUT2D eigenvalue weighted by Gasteiger charge is 2.16. The molecule has 2 heterocycles. The van der Waals surface area contributed by atoms with Crippen LogP contribution in [0.4, 0.5) is 0 Å². The van der Waals surface area contributed by atoms with Crippen LogP contribution >= 0.6 is 23.2 Å². The molecule has 7 heteroatoms. The van der Waals surface area contributed by atoms with Crippen molar-refractivity contribution < 1.29 is 4.79 Å². The molecule has 1 aromatic heterocycles. The van der Waals surface area contributed by atoms with Crippen LogP contribution in [0.1, 0.15) is 44.0 Å². The van der Waals surface area contributed by atoms with Gasteiger partial charge in [0.05, 0.1) is 6.21 Å². The number of nitrogens with one attached hydrogen (secondary N) is 1. The number of benzene rings is 3. The number of halogens is 2. The molecule has 4 aromatic rings. The standard InChI is InChI=1S/C30H28Cl2N4O/c1-20-13-26(21(2)36(20)29-15-27(31)14-28(32)16-29)17-33-34-30(37)24-9-7-22(8-10-24)18-35-12-11-23-5-3-4-6-25(23)19-35/h3-10,13-17H,11-12,18-19H2,1-2H3,(H,34,37)/b33-17+. The van der Waals surface area contributed by atoms with Gasteiger partial charge < -0.3 is 4.57 Å². The topological polar surface area (TPSA) is 49.6 Å². The van der Waals surface area contributed by atoms with Gasteiger partial charge in [0.25, 0.3) is 5.91 Å². The number of nitrogens with zero attached hydrogens (tertiary/aromatic N) is 3. The Morgan fingerprint density at radius 2 is 1.68 bits per heavy atom. The molecule has 5 rings (SSSR count). The van der Waals surface area contributed by atoms with Crippen molar-refractivity contribution >= 4 is 35.3 Å². The third-order valence-corrected chi connectivity index (χ3v) is 7.21. The zero-order chi connectivity index (χ0) is 25.9. The van der Waals surface area contributed by atoms with E-state index in [4.69, 9.17) is 23.2 Å². The second-order valence-electron chi connectivity index (χ2n) is 9.41. The second kappa shape index (κ2) is 10.9. The Morgan fingerprint density at radius 1 is 0.973 bits per heavy atom. The molecule has 5 nitrogen and oxygen atoms in total. The monoisotopic (exact) mass is 530 g/mol. The molecule has 0 bridgehead atoms. The maximum absolute atomic E-state index is 12.7. The van der Waals surface area contributed by atoms with E-state index in [0.717, 1.165) is 48.7 Å². The number of aromatic nitrogens is 1. The maximum atomic E-state index is 12.7. The lowest BCUT2D eigenvalue weighted by molar-refractivity contribution is 0.0955. The van der Waals surface area contributed by atoms with E-state index in [0.29, 0.717) is 15.6 Å². The summed E-state index contributed by atoms with van der Waals surface area (Å²) in [7, 11) is 0. The van der Waals surface area contributed by atoms with Gasteiger partial charge in [0.1, 0.15) is 0 Å². The van der Waals surface area contributed by atoms with Crippen LogP contribution in [0.15, 0.2) is 77.9 Å². The summed E-state index contributed by atoms with van der Waals surface area (Å²) in [6.45, 7) is 6.85. The fourth-order valence-corrected chi connectivity index (χ4v) is 5.43. The summed E-state index contributed by atoms with van der Waals surface area (Å²) in [5, 5.41) is 5.35. The van der Waals surface area contributed by atoms with Crippen LogP contribution in [0.5, 0.6) is 0 Å². The molecule has 0 radical (unpaired) electrons. The molecule has 1 aliphatic rings. The first-order chi connectivity index (χ1) is 17.9. The molecule has 3 aromatic carbocycles. The van der Waals surface area contributed by atoms with Gasteiger partial charge in [0.15, 0.2) is 0 Å². The molecule has 188 valence electrons. The number of hydrazone groups is 1. The predicted octanol–water partition coefficient (Wildman–Crippen LogP) is 6.72. The van der Waals surface area contributed by atoms with Crippen molar-refractivity contribution in [1.29, 1.82) is 0 Å². The molecule has 37 heavy (non-hydrogen) atoms. The molecule has 0 saturated heterocycles. The quantitative estimate of drug-likeness (QED) is 0.222. The van der Waals surface area contributed by atoms with Gasteiger partial charge >= 0.3 is 0 Å². The minimum atomic E-state index is -0.245.